The highest BCUT2D eigenvalue weighted by molar-refractivity contribution is 6.32. The summed E-state index contributed by atoms with van der Waals surface area (Å²) in [5, 5.41) is 12.0. The molecule has 2 saturated heterocycles. The summed E-state index contributed by atoms with van der Waals surface area (Å²) in [6.45, 7) is 3.79. The van der Waals surface area contributed by atoms with Crippen LogP contribution in [-0.2, 0) is 24.6 Å². The van der Waals surface area contributed by atoms with Gasteiger partial charge in [-0.3, -0.25) is 24.1 Å². The minimum Gasteiger partial charge on any atom is -0.508 e. The molecular weight excluding hydrogens is 652 g/mol. The van der Waals surface area contributed by atoms with Crippen LogP contribution in [0.25, 0.3) is 6.08 Å². The first kappa shape index (κ1) is 31.8. The number of phenolic OH excluding ortho intramolecular Hbond substituents is 1. The number of carbonyl (C=O) groups is 4. The Labute approximate surface area is 294 Å². The quantitative estimate of drug-likeness (QED) is 0.172. The van der Waals surface area contributed by atoms with Crippen LogP contribution in [0.5, 0.6) is 11.5 Å². The van der Waals surface area contributed by atoms with Gasteiger partial charge >= 0.3 is 0 Å². The number of rotatable bonds is 6. The Morgan fingerprint density at radius 2 is 1.60 bits per heavy atom. The van der Waals surface area contributed by atoms with Gasteiger partial charge in [-0.25, -0.2) is 4.90 Å². The van der Waals surface area contributed by atoms with Gasteiger partial charge in [-0.1, -0.05) is 90.5 Å². The van der Waals surface area contributed by atoms with Crippen LogP contribution in [0, 0.1) is 23.7 Å². The molecule has 4 aromatic carbocycles. The molecule has 3 fully saturated rings. The Bertz CT molecular complexity index is 2130. The van der Waals surface area contributed by atoms with E-state index < -0.39 is 46.8 Å². The molecule has 4 aliphatic rings. The van der Waals surface area contributed by atoms with E-state index >= 15 is 4.79 Å². The van der Waals surface area contributed by atoms with Gasteiger partial charge in [-0.05, 0) is 66.3 Å². The molecule has 6 atom stereocenters. The van der Waals surface area contributed by atoms with Crippen LogP contribution >= 0.6 is 11.6 Å². The number of carbonyl (C=O) groups excluding carboxylic acids is 4. The molecule has 0 bridgehead atoms. The van der Waals surface area contributed by atoms with Crippen molar-refractivity contribution in [3.8, 4) is 11.5 Å². The van der Waals surface area contributed by atoms with Gasteiger partial charge in [0, 0.05) is 22.6 Å². The van der Waals surface area contributed by atoms with Gasteiger partial charge in [-0.2, -0.15) is 0 Å². The monoisotopic (exact) mass is 684 g/mol. The van der Waals surface area contributed by atoms with E-state index in [4.69, 9.17) is 16.3 Å². The van der Waals surface area contributed by atoms with E-state index in [0.717, 1.165) is 11.1 Å². The summed E-state index contributed by atoms with van der Waals surface area (Å²) in [5.74, 6) is -4.94. The Hall–Kier alpha value is -5.47. The van der Waals surface area contributed by atoms with Gasteiger partial charge in [0.2, 0.25) is 23.6 Å². The third-order valence-corrected chi connectivity index (χ3v) is 11.3. The summed E-state index contributed by atoms with van der Waals surface area (Å²) < 4.78 is 5.41. The van der Waals surface area contributed by atoms with Crippen molar-refractivity contribution in [2.45, 2.75) is 24.2 Å². The molecule has 2 aliphatic heterocycles. The number of aromatic hydroxyl groups is 1. The second-order valence-corrected chi connectivity index (χ2v) is 13.8. The zero-order valence-corrected chi connectivity index (χ0v) is 27.9. The summed E-state index contributed by atoms with van der Waals surface area (Å²) in [4.78, 5) is 61.1. The molecular formula is C41H33ClN2O6. The molecule has 6 unspecified atom stereocenters. The van der Waals surface area contributed by atoms with Crippen molar-refractivity contribution >= 4 is 52.7 Å². The number of nitrogens with zero attached hydrogens (tertiary/aromatic N) is 2. The van der Waals surface area contributed by atoms with E-state index in [1.165, 1.54) is 23.0 Å². The summed E-state index contributed by atoms with van der Waals surface area (Å²) in [6, 6.07) is 27.8. The predicted octanol–water partition coefficient (Wildman–Crippen LogP) is 7.06. The van der Waals surface area contributed by atoms with Gasteiger partial charge in [0.25, 0.3) is 0 Å². The third kappa shape index (κ3) is 4.44. The molecule has 8 rings (SSSR count). The lowest BCUT2D eigenvalue weighted by Gasteiger charge is -2.50. The fraction of sp³-hybridized carbons (Fsp3) is 0.220. The van der Waals surface area contributed by atoms with Gasteiger partial charge in [-0.15, -0.1) is 0 Å². The molecule has 1 N–H and O–H groups in total. The molecule has 0 aromatic heterocycles. The largest absolute Gasteiger partial charge is 0.508 e. The van der Waals surface area contributed by atoms with Crippen LogP contribution in [0.4, 0.5) is 11.4 Å². The number of ether oxygens (including phenoxy) is 1. The Kier molecular flexibility index (Phi) is 7.53. The number of amides is 4. The fourth-order valence-corrected chi connectivity index (χ4v) is 9.18. The van der Waals surface area contributed by atoms with Crippen molar-refractivity contribution in [2.75, 3.05) is 16.9 Å². The van der Waals surface area contributed by atoms with Crippen LogP contribution in [0.1, 0.15) is 35.4 Å². The summed E-state index contributed by atoms with van der Waals surface area (Å²) in [6.07, 6.45) is 4.08. The normalized spacial score (nSPS) is 27.1. The standard InChI is InChI=1S/C41H33ClN2O6/c1-3-23-12-14-26(15-13-23)43-37(46)31-19-18-29-32(35(31)39(43)48)22-33-38(47)44(27-11-7-10-25(42)20-27)40(49)41(33,24-8-5-4-6-9-24)36(29)30-17-16-28(50-2)21-34(30)45/h3-18,20-21,31-33,35-36,45H,1,19,22H2,2H3. The molecule has 50 heavy (non-hydrogen) atoms. The molecule has 250 valence electrons. The van der Waals surface area contributed by atoms with Crippen molar-refractivity contribution in [1.29, 1.82) is 0 Å². The highest BCUT2D eigenvalue weighted by atomic mass is 35.5. The number of allylic oxidation sites excluding steroid dienone is 2. The first-order valence-corrected chi connectivity index (χ1v) is 16.9. The maximum Gasteiger partial charge on any atom is 0.246 e. The smallest absolute Gasteiger partial charge is 0.246 e. The van der Waals surface area contributed by atoms with E-state index in [1.54, 1.807) is 66.7 Å². The lowest BCUT2D eigenvalue weighted by atomic mass is 9.49. The summed E-state index contributed by atoms with van der Waals surface area (Å²) >= 11 is 6.39. The lowest BCUT2D eigenvalue weighted by molar-refractivity contribution is -0.127. The average Bonchev–Trinajstić information content (AvgIpc) is 3.52. The molecule has 1 saturated carbocycles. The molecule has 2 heterocycles. The maximum atomic E-state index is 15.3. The number of fused-ring (bicyclic) bond motifs is 4. The first-order chi connectivity index (χ1) is 24.2. The first-order valence-electron chi connectivity index (χ1n) is 16.6. The van der Waals surface area contributed by atoms with Crippen LogP contribution in [0.2, 0.25) is 5.02 Å². The van der Waals surface area contributed by atoms with E-state index in [0.29, 0.717) is 33.3 Å². The maximum absolute atomic E-state index is 15.3. The molecule has 4 aromatic rings. The Morgan fingerprint density at radius 1 is 0.840 bits per heavy atom. The van der Waals surface area contributed by atoms with Crippen LogP contribution in [0.3, 0.4) is 0 Å². The molecule has 4 amide bonds. The van der Waals surface area contributed by atoms with Gasteiger partial charge in [0.15, 0.2) is 0 Å². The average molecular weight is 685 g/mol. The topological polar surface area (TPSA) is 104 Å². The predicted molar refractivity (Wildman–Crippen MR) is 190 cm³/mol. The number of methoxy groups -OCH3 is 1. The van der Waals surface area contributed by atoms with E-state index in [-0.39, 0.29) is 30.4 Å². The van der Waals surface area contributed by atoms with Crippen LogP contribution in [-0.4, -0.2) is 35.8 Å². The molecule has 0 radical (unpaired) electrons. The Balaban J connectivity index is 1.35. The lowest BCUT2D eigenvalue weighted by Crippen LogP contribution is -2.53. The van der Waals surface area contributed by atoms with Crippen LogP contribution < -0.4 is 14.5 Å². The van der Waals surface area contributed by atoms with Crippen molar-refractivity contribution < 1.29 is 29.0 Å². The van der Waals surface area contributed by atoms with Crippen molar-refractivity contribution in [1.82, 2.24) is 0 Å². The molecule has 9 heteroatoms. The number of hydrogen-bond donors (Lipinski definition) is 1. The molecule has 8 nitrogen and oxygen atoms in total. The van der Waals surface area contributed by atoms with E-state index in [9.17, 15) is 19.5 Å². The SMILES string of the molecule is C=Cc1ccc(N2C(=O)C3CC=C4C(CC5C(=O)N(c6cccc(Cl)c6)C(=O)C5(c5ccccc5)C4c4ccc(OC)cc4O)C3C2=O)cc1. The zero-order valence-electron chi connectivity index (χ0n) is 27.2. The van der Waals surface area contributed by atoms with Crippen LogP contribution in [0.15, 0.2) is 115 Å². The fourth-order valence-electron chi connectivity index (χ4n) is 9.00. The molecule has 0 spiro atoms. The van der Waals surface area contributed by atoms with Gasteiger partial charge < -0.3 is 9.84 Å². The third-order valence-electron chi connectivity index (χ3n) is 11.1. The number of benzene rings is 4. The highest BCUT2D eigenvalue weighted by Crippen LogP contribution is 2.65. The zero-order chi connectivity index (χ0) is 34.9. The number of hydrogen-bond acceptors (Lipinski definition) is 6. The van der Waals surface area contributed by atoms with Crippen molar-refractivity contribution in [3.63, 3.8) is 0 Å². The van der Waals surface area contributed by atoms with Crippen molar-refractivity contribution in [2.24, 2.45) is 23.7 Å². The summed E-state index contributed by atoms with van der Waals surface area (Å²) in [5.41, 5.74) is 1.98. The number of imide groups is 2. The Morgan fingerprint density at radius 3 is 2.28 bits per heavy atom. The highest BCUT2D eigenvalue weighted by Gasteiger charge is 2.70. The number of phenols is 1. The minimum absolute atomic E-state index is 0.105. The van der Waals surface area contributed by atoms with Gasteiger partial charge in [0.05, 0.1) is 41.7 Å². The second kappa shape index (κ2) is 11.8. The second-order valence-electron chi connectivity index (χ2n) is 13.3. The van der Waals surface area contributed by atoms with Crippen molar-refractivity contribution in [3.05, 3.63) is 137 Å². The van der Waals surface area contributed by atoms with E-state index in [1.807, 2.05) is 36.4 Å². The van der Waals surface area contributed by atoms with E-state index in [2.05, 4.69) is 6.58 Å². The summed E-state index contributed by atoms with van der Waals surface area (Å²) in [7, 11) is 1.50. The van der Waals surface area contributed by atoms with Gasteiger partial charge in [0.1, 0.15) is 11.5 Å². The molecule has 2 aliphatic carbocycles. The number of halogens is 1. The minimum atomic E-state index is -1.49. The number of anilines is 2.